The number of rotatable bonds is 2. The first-order chi connectivity index (χ1) is 4.84. The Morgan fingerprint density at radius 2 is 2.36 bits per heavy atom. The zero-order valence-electron chi connectivity index (χ0n) is 6.68. The van der Waals surface area contributed by atoms with Crippen molar-refractivity contribution in [2.24, 2.45) is 5.92 Å². The van der Waals surface area contributed by atoms with Crippen LogP contribution in [-0.2, 0) is 4.74 Å². The van der Waals surface area contributed by atoms with Gasteiger partial charge in [0.15, 0.2) is 0 Å². The van der Waals surface area contributed by atoms with Gasteiger partial charge in [0.2, 0.25) is 0 Å². The molecule has 0 saturated carbocycles. The fourth-order valence-electron chi connectivity index (χ4n) is 1.27. The Morgan fingerprint density at radius 3 is 2.91 bits per heavy atom. The summed E-state index contributed by atoms with van der Waals surface area (Å²) in [6, 6.07) is 0. The topological polar surface area (TPSA) is 21.3 Å². The van der Waals surface area contributed by atoms with Crippen LogP contribution >= 0.6 is 12.4 Å². The molecular weight excluding hydrogens is 169 g/mol. The highest BCUT2D eigenvalue weighted by molar-refractivity contribution is 5.85. The molecule has 0 amide bonds. The van der Waals surface area contributed by atoms with Gasteiger partial charge in [-0.15, -0.1) is 12.4 Å². The van der Waals surface area contributed by atoms with Gasteiger partial charge in [-0.1, -0.05) is 0 Å². The number of hydrogen-bond donors (Lipinski definition) is 1. The molecule has 1 fully saturated rings. The van der Waals surface area contributed by atoms with Gasteiger partial charge in [0, 0.05) is 19.6 Å². The van der Waals surface area contributed by atoms with E-state index in [1.165, 1.54) is 0 Å². The van der Waals surface area contributed by atoms with Crippen LogP contribution < -0.4 is 5.32 Å². The SMILES string of the molecule is COCC1CNCCC1F.Cl. The van der Waals surface area contributed by atoms with Crippen LogP contribution in [0.5, 0.6) is 0 Å². The zero-order valence-corrected chi connectivity index (χ0v) is 7.49. The number of halogens is 2. The van der Waals surface area contributed by atoms with Crippen molar-refractivity contribution in [3.63, 3.8) is 0 Å². The van der Waals surface area contributed by atoms with Crippen LogP contribution in [0.4, 0.5) is 4.39 Å². The Morgan fingerprint density at radius 1 is 1.64 bits per heavy atom. The maximum absolute atomic E-state index is 12.9. The maximum atomic E-state index is 12.9. The molecule has 4 heteroatoms. The monoisotopic (exact) mass is 183 g/mol. The molecule has 2 atom stereocenters. The predicted molar refractivity (Wildman–Crippen MR) is 45.0 cm³/mol. The van der Waals surface area contributed by atoms with Gasteiger partial charge < -0.3 is 10.1 Å². The summed E-state index contributed by atoms with van der Waals surface area (Å²) < 4.78 is 17.8. The van der Waals surface area contributed by atoms with Crippen molar-refractivity contribution in [2.75, 3.05) is 26.8 Å². The molecule has 11 heavy (non-hydrogen) atoms. The second-order valence-corrected chi connectivity index (χ2v) is 2.72. The van der Waals surface area contributed by atoms with Crippen molar-refractivity contribution >= 4 is 12.4 Å². The molecule has 1 heterocycles. The van der Waals surface area contributed by atoms with Crippen molar-refractivity contribution in [1.82, 2.24) is 5.32 Å². The molecule has 0 aromatic carbocycles. The molecule has 1 saturated heterocycles. The highest BCUT2D eigenvalue weighted by Gasteiger charge is 2.23. The molecule has 2 unspecified atom stereocenters. The van der Waals surface area contributed by atoms with E-state index in [4.69, 9.17) is 4.74 Å². The highest BCUT2D eigenvalue weighted by atomic mass is 35.5. The first-order valence-corrected chi connectivity index (χ1v) is 3.68. The molecular formula is C7H15ClFNO. The van der Waals surface area contributed by atoms with E-state index in [0.717, 1.165) is 13.1 Å². The summed E-state index contributed by atoms with van der Waals surface area (Å²) in [5.41, 5.74) is 0. The Bertz CT molecular complexity index is 102. The van der Waals surface area contributed by atoms with Crippen molar-refractivity contribution < 1.29 is 9.13 Å². The molecule has 2 nitrogen and oxygen atoms in total. The van der Waals surface area contributed by atoms with E-state index in [9.17, 15) is 4.39 Å². The standard InChI is InChI=1S/C7H14FNO.ClH/c1-10-5-6-4-9-3-2-7(6)8;/h6-7,9H,2-5H2,1H3;1H. The van der Waals surface area contributed by atoms with E-state index in [0.29, 0.717) is 13.0 Å². The average molecular weight is 184 g/mol. The molecule has 0 aliphatic carbocycles. The average Bonchev–Trinajstić information content (AvgIpc) is 1.94. The summed E-state index contributed by atoms with van der Waals surface area (Å²) in [7, 11) is 1.61. The minimum absolute atomic E-state index is 0. The molecule has 0 aromatic rings. The molecule has 0 aromatic heterocycles. The predicted octanol–water partition coefficient (Wildman–Crippen LogP) is 1.00. The van der Waals surface area contributed by atoms with Crippen LogP contribution in [0, 0.1) is 5.92 Å². The van der Waals surface area contributed by atoms with Gasteiger partial charge in [0.25, 0.3) is 0 Å². The first-order valence-electron chi connectivity index (χ1n) is 3.68. The normalized spacial score (nSPS) is 31.1. The fraction of sp³-hybridized carbons (Fsp3) is 1.00. The third-order valence-corrected chi connectivity index (χ3v) is 1.90. The van der Waals surface area contributed by atoms with Crippen LogP contribution in [-0.4, -0.2) is 33.0 Å². The number of piperidine rings is 1. The van der Waals surface area contributed by atoms with Crippen molar-refractivity contribution in [1.29, 1.82) is 0 Å². The van der Waals surface area contributed by atoms with Gasteiger partial charge in [-0.3, -0.25) is 0 Å². The van der Waals surface area contributed by atoms with E-state index in [1.54, 1.807) is 7.11 Å². The molecule has 0 spiro atoms. The number of hydrogen-bond acceptors (Lipinski definition) is 2. The Kier molecular flexibility index (Phi) is 5.82. The Balaban J connectivity index is 0.000001000. The summed E-state index contributed by atoms with van der Waals surface area (Å²) in [6.07, 6.45) is -0.0326. The number of ether oxygens (including phenoxy) is 1. The first kappa shape index (κ1) is 11.1. The minimum Gasteiger partial charge on any atom is -0.384 e. The number of nitrogens with one attached hydrogen (secondary N) is 1. The van der Waals surface area contributed by atoms with Crippen LogP contribution in [0.3, 0.4) is 0 Å². The molecule has 68 valence electrons. The van der Waals surface area contributed by atoms with Crippen molar-refractivity contribution in [2.45, 2.75) is 12.6 Å². The highest BCUT2D eigenvalue weighted by Crippen LogP contribution is 2.14. The van der Waals surface area contributed by atoms with Gasteiger partial charge in [0.1, 0.15) is 6.17 Å². The summed E-state index contributed by atoms with van der Waals surface area (Å²) in [5, 5.41) is 3.13. The van der Waals surface area contributed by atoms with Gasteiger partial charge in [0.05, 0.1) is 6.61 Å². The quantitative estimate of drug-likeness (QED) is 0.690. The third kappa shape index (κ3) is 3.36. The lowest BCUT2D eigenvalue weighted by Crippen LogP contribution is -2.39. The lowest BCUT2D eigenvalue weighted by Gasteiger charge is -2.25. The van der Waals surface area contributed by atoms with Crippen molar-refractivity contribution in [3.05, 3.63) is 0 Å². The Hall–Kier alpha value is 0.140. The lowest BCUT2D eigenvalue weighted by atomic mass is 9.99. The second-order valence-electron chi connectivity index (χ2n) is 2.72. The number of methoxy groups -OCH3 is 1. The third-order valence-electron chi connectivity index (χ3n) is 1.90. The molecule has 1 aliphatic rings. The van der Waals surface area contributed by atoms with Crippen LogP contribution in [0.2, 0.25) is 0 Å². The van der Waals surface area contributed by atoms with Crippen molar-refractivity contribution in [3.8, 4) is 0 Å². The molecule has 1 aliphatic heterocycles. The number of alkyl halides is 1. The largest absolute Gasteiger partial charge is 0.384 e. The molecule has 0 radical (unpaired) electrons. The maximum Gasteiger partial charge on any atom is 0.108 e. The molecule has 1 rings (SSSR count). The zero-order chi connectivity index (χ0) is 7.40. The van der Waals surface area contributed by atoms with Crippen LogP contribution in [0.25, 0.3) is 0 Å². The van der Waals surface area contributed by atoms with E-state index < -0.39 is 6.17 Å². The van der Waals surface area contributed by atoms with E-state index >= 15 is 0 Å². The minimum atomic E-state index is -0.666. The summed E-state index contributed by atoms with van der Waals surface area (Å²) in [5.74, 6) is 0.0683. The van der Waals surface area contributed by atoms with Crippen LogP contribution in [0.1, 0.15) is 6.42 Å². The van der Waals surface area contributed by atoms with E-state index in [2.05, 4.69) is 5.32 Å². The summed E-state index contributed by atoms with van der Waals surface area (Å²) in [4.78, 5) is 0. The van der Waals surface area contributed by atoms with Crippen LogP contribution in [0.15, 0.2) is 0 Å². The summed E-state index contributed by atoms with van der Waals surface area (Å²) in [6.45, 7) is 2.10. The van der Waals surface area contributed by atoms with E-state index in [1.807, 2.05) is 0 Å². The van der Waals surface area contributed by atoms with Gasteiger partial charge in [-0.05, 0) is 13.0 Å². The second kappa shape index (κ2) is 5.75. The van der Waals surface area contributed by atoms with Gasteiger partial charge >= 0.3 is 0 Å². The smallest absolute Gasteiger partial charge is 0.108 e. The van der Waals surface area contributed by atoms with Gasteiger partial charge in [-0.2, -0.15) is 0 Å². The van der Waals surface area contributed by atoms with Gasteiger partial charge in [-0.25, -0.2) is 4.39 Å². The van der Waals surface area contributed by atoms with E-state index in [-0.39, 0.29) is 18.3 Å². The fourth-order valence-corrected chi connectivity index (χ4v) is 1.27. The summed E-state index contributed by atoms with van der Waals surface area (Å²) >= 11 is 0. The molecule has 1 N–H and O–H groups in total. The lowest BCUT2D eigenvalue weighted by molar-refractivity contribution is 0.0805. The Labute approximate surface area is 72.9 Å². The molecule has 0 bridgehead atoms.